The first kappa shape index (κ1) is 24.3. The van der Waals surface area contributed by atoms with Crippen LogP contribution in [0.5, 0.6) is 0 Å². The molecular formula is C21H30Cl2N2O3. The number of nitrogens with zero attached hydrogens (tertiary/aromatic N) is 1. The summed E-state index contributed by atoms with van der Waals surface area (Å²) in [5.41, 5.74) is 1.51. The molecule has 0 spiro atoms. The van der Waals surface area contributed by atoms with Gasteiger partial charge in [0.25, 0.3) is 11.8 Å². The Hall–Kier alpha value is -1.72. The molecule has 1 aliphatic heterocycles. The Morgan fingerprint density at radius 2 is 1.96 bits per heavy atom. The predicted octanol–water partition coefficient (Wildman–Crippen LogP) is 4.61. The molecule has 1 unspecified atom stereocenters. The monoisotopic (exact) mass is 428 g/mol. The van der Waals surface area contributed by atoms with Crippen molar-refractivity contribution in [2.45, 2.75) is 53.0 Å². The number of halogens is 2. The molecule has 1 heterocycles. The van der Waals surface area contributed by atoms with Gasteiger partial charge in [-0.05, 0) is 50.8 Å². The van der Waals surface area contributed by atoms with Gasteiger partial charge in [-0.2, -0.15) is 0 Å². The van der Waals surface area contributed by atoms with E-state index in [1.54, 1.807) is 11.0 Å². The smallest absolute Gasteiger partial charge is 0.289 e. The van der Waals surface area contributed by atoms with E-state index < -0.39 is 0 Å². The van der Waals surface area contributed by atoms with E-state index in [4.69, 9.17) is 27.9 Å². The number of nitrogens with one attached hydrogen (secondary N) is 1. The highest BCUT2D eigenvalue weighted by atomic mass is 35.5. The van der Waals surface area contributed by atoms with Gasteiger partial charge in [-0.25, -0.2) is 0 Å². The second-order valence-electron chi connectivity index (χ2n) is 6.35. The lowest BCUT2D eigenvalue weighted by atomic mass is 10.1. The molecule has 1 N–H and O–H groups in total. The van der Waals surface area contributed by atoms with Crippen molar-refractivity contribution in [3.63, 3.8) is 0 Å². The molecule has 1 aromatic carbocycles. The van der Waals surface area contributed by atoms with E-state index in [1.165, 1.54) is 7.11 Å². The summed E-state index contributed by atoms with van der Waals surface area (Å²) in [7, 11) is 1.42. The predicted molar refractivity (Wildman–Crippen MR) is 115 cm³/mol. The lowest BCUT2D eigenvalue weighted by Crippen LogP contribution is -2.35. The molecule has 2 amide bonds. The van der Waals surface area contributed by atoms with Gasteiger partial charge in [0.1, 0.15) is 0 Å². The fourth-order valence-corrected chi connectivity index (χ4v) is 3.26. The Morgan fingerprint density at radius 1 is 1.29 bits per heavy atom. The van der Waals surface area contributed by atoms with E-state index in [0.29, 0.717) is 28.7 Å². The van der Waals surface area contributed by atoms with Crippen LogP contribution in [0.4, 0.5) is 0 Å². The van der Waals surface area contributed by atoms with Crippen LogP contribution < -0.4 is 5.32 Å². The summed E-state index contributed by atoms with van der Waals surface area (Å²) in [4.78, 5) is 26.2. The average molecular weight is 429 g/mol. The second-order valence-corrected chi connectivity index (χ2v) is 7.16. The molecule has 7 heteroatoms. The van der Waals surface area contributed by atoms with Crippen LogP contribution in [0.15, 0.2) is 29.5 Å². The third-order valence-electron chi connectivity index (χ3n) is 4.43. The molecule has 28 heavy (non-hydrogen) atoms. The largest absolute Gasteiger partial charge is 0.491 e. The number of hydrogen-bond acceptors (Lipinski definition) is 3. The Morgan fingerprint density at radius 3 is 2.54 bits per heavy atom. The topological polar surface area (TPSA) is 58.6 Å². The zero-order chi connectivity index (χ0) is 21.3. The van der Waals surface area contributed by atoms with Crippen LogP contribution in [0.3, 0.4) is 0 Å². The lowest BCUT2D eigenvalue weighted by Gasteiger charge is -2.15. The molecule has 2 rings (SSSR count). The van der Waals surface area contributed by atoms with Gasteiger partial charge in [-0.1, -0.05) is 43.1 Å². The van der Waals surface area contributed by atoms with Crippen molar-refractivity contribution in [1.82, 2.24) is 10.2 Å². The zero-order valence-electron chi connectivity index (χ0n) is 17.3. The summed E-state index contributed by atoms with van der Waals surface area (Å²) in [6.45, 7) is 8.66. The standard InChI is InChI=1S/C19H24Cl2N2O3.C2H6/c1-4-23-11-14(17(26-3)19(23)25)18(24)22-12(2)6-5-7-13-8-9-15(20)16(21)10-13;1-2/h8-10,12H,4-7,11H2,1-3H3,(H,22,24);1-2H3. The van der Waals surface area contributed by atoms with Crippen LogP contribution in [0.1, 0.15) is 46.1 Å². The maximum atomic E-state index is 12.5. The quantitative estimate of drug-likeness (QED) is 0.657. The summed E-state index contributed by atoms with van der Waals surface area (Å²) in [6, 6.07) is 5.60. The number of carbonyl (C=O) groups excluding carboxylic acids is 2. The summed E-state index contributed by atoms with van der Waals surface area (Å²) < 4.78 is 5.13. The number of benzene rings is 1. The van der Waals surface area contributed by atoms with Crippen LogP contribution in [0.2, 0.25) is 10.0 Å². The van der Waals surface area contributed by atoms with Crippen molar-refractivity contribution in [1.29, 1.82) is 0 Å². The molecule has 156 valence electrons. The van der Waals surface area contributed by atoms with Crippen LogP contribution in [0.25, 0.3) is 0 Å². The number of hydrogen-bond donors (Lipinski definition) is 1. The Bertz CT molecular complexity index is 720. The van der Waals surface area contributed by atoms with Gasteiger partial charge in [0.2, 0.25) is 0 Å². The minimum absolute atomic E-state index is 0.0124. The number of amides is 2. The van der Waals surface area contributed by atoms with E-state index in [1.807, 2.05) is 39.8 Å². The normalized spacial score (nSPS) is 14.5. The maximum absolute atomic E-state index is 12.5. The number of rotatable bonds is 8. The van der Waals surface area contributed by atoms with Crippen molar-refractivity contribution in [3.8, 4) is 0 Å². The molecule has 1 aliphatic rings. The number of carbonyl (C=O) groups is 2. The van der Waals surface area contributed by atoms with E-state index in [2.05, 4.69) is 5.32 Å². The molecule has 0 saturated heterocycles. The maximum Gasteiger partial charge on any atom is 0.289 e. The summed E-state index contributed by atoms with van der Waals surface area (Å²) in [5.74, 6) is -0.326. The molecule has 5 nitrogen and oxygen atoms in total. The van der Waals surface area contributed by atoms with Gasteiger partial charge >= 0.3 is 0 Å². The molecule has 0 saturated carbocycles. The third-order valence-corrected chi connectivity index (χ3v) is 5.17. The fourth-order valence-electron chi connectivity index (χ4n) is 2.94. The summed E-state index contributed by atoms with van der Waals surface area (Å²) >= 11 is 11.9. The van der Waals surface area contributed by atoms with E-state index >= 15 is 0 Å². The Labute approximate surface area is 178 Å². The molecule has 0 aliphatic carbocycles. The molecule has 0 radical (unpaired) electrons. The van der Waals surface area contributed by atoms with Crippen molar-refractivity contribution in [3.05, 3.63) is 45.1 Å². The number of ether oxygens (including phenoxy) is 1. The number of aryl methyl sites for hydroxylation is 1. The van der Waals surface area contributed by atoms with Gasteiger partial charge in [0.15, 0.2) is 5.76 Å². The van der Waals surface area contributed by atoms with Crippen LogP contribution >= 0.6 is 23.2 Å². The van der Waals surface area contributed by atoms with Crippen LogP contribution in [-0.4, -0.2) is 43.0 Å². The molecule has 1 aromatic rings. The minimum Gasteiger partial charge on any atom is -0.491 e. The second kappa shape index (κ2) is 12.0. The van der Waals surface area contributed by atoms with E-state index in [0.717, 1.165) is 24.8 Å². The lowest BCUT2D eigenvalue weighted by molar-refractivity contribution is -0.128. The summed E-state index contributed by atoms with van der Waals surface area (Å²) in [6.07, 6.45) is 2.56. The first-order valence-corrected chi connectivity index (χ1v) is 10.4. The van der Waals surface area contributed by atoms with Crippen LogP contribution in [-0.2, 0) is 20.7 Å². The fraction of sp³-hybridized carbons (Fsp3) is 0.524. The summed E-state index contributed by atoms with van der Waals surface area (Å²) in [5, 5.41) is 4.05. The Balaban J connectivity index is 0.00000190. The SMILES string of the molecule is CC.CCN1CC(C(=O)NC(C)CCCc2ccc(Cl)c(Cl)c2)=C(OC)C1=O. The van der Waals surface area contributed by atoms with E-state index in [9.17, 15) is 9.59 Å². The van der Waals surface area contributed by atoms with Gasteiger partial charge in [0.05, 0.1) is 29.3 Å². The van der Waals surface area contributed by atoms with Crippen molar-refractivity contribution >= 4 is 35.0 Å². The average Bonchev–Trinajstić information content (AvgIpc) is 3.01. The first-order valence-electron chi connectivity index (χ1n) is 9.68. The molecular weight excluding hydrogens is 399 g/mol. The van der Waals surface area contributed by atoms with Crippen molar-refractivity contribution in [2.75, 3.05) is 20.2 Å². The zero-order valence-corrected chi connectivity index (χ0v) is 18.8. The van der Waals surface area contributed by atoms with Gasteiger partial charge < -0.3 is 15.0 Å². The van der Waals surface area contributed by atoms with Crippen LogP contribution in [0, 0.1) is 0 Å². The molecule has 0 fully saturated rings. The Kier molecular flexibility index (Phi) is 10.4. The highest BCUT2D eigenvalue weighted by molar-refractivity contribution is 6.42. The number of likely N-dealkylation sites (N-methyl/N-ethyl adjacent to an activating group) is 1. The molecule has 0 bridgehead atoms. The minimum atomic E-state index is -0.242. The van der Waals surface area contributed by atoms with Crippen molar-refractivity contribution in [2.24, 2.45) is 0 Å². The highest BCUT2D eigenvalue weighted by Gasteiger charge is 2.34. The third kappa shape index (κ3) is 6.42. The van der Waals surface area contributed by atoms with Crippen molar-refractivity contribution < 1.29 is 14.3 Å². The highest BCUT2D eigenvalue weighted by Crippen LogP contribution is 2.23. The van der Waals surface area contributed by atoms with Gasteiger partial charge in [-0.3, -0.25) is 9.59 Å². The molecule has 1 atom stereocenters. The number of methoxy groups -OCH3 is 1. The van der Waals surface area contributed by atoms with Gasteiger partial charge in [0, 0.05) is 12.6 Å². The molecule has 0 aromatic heterocycles. The first-order chi connectivity index (χ1) is 13.4. The van der Waals surface area contributed by atoms with Gasteiger partial charge in [-0.15, -0.1) is 0 Å². The van der Waals surface area contributed by atoms with E-state index in [-0.39, 0.29) is 23.6 Å².